The van der Waals surface area contributed by atoms with Gasteiger partial charge in [0.2, 0.25) is 0 Å². The zero-order chi connectivity index (χ0) is 16.5. The van der Waals surface area contributed by atoms with E-state index in [9.17, 15) is 18.5 Å². The maximum atomic E-state index is 11.5. The molecule has 2 rings (SSSR count). The van der Waals surface area contributed by atoms with Gasteiger partial charge in [0.05, 0.1) is 20.9 Å². The van der Waals surface area contributed by atoms with Gasteiger partial charge >= 0.3 is 0 Å². The summed E-state index contributed by atoms with van der Waals surface area (Å²) in [5.74, 6) is 0.0386. The second-order valence-corrected chi connectivity index (χ2v) is 8.33. The largest absolute Gasteiger partial charge is 0.345 e. The molecule has 0 unspecified atom stereocenters. The van der Waals surface area contributed by atoms with E-state index in [1.165, 1.54) is 29.7 Å². The summed E-state index contributed by atoms with van der Waals surface area (Å²) in [7, 11) is -3.09. The maximum absolute atomic E-state index is 11.5. The minimum absolute atomic E-state index is 0.0231. The Morgan fingerprint density at radius 2 is 2.14 bits per heavy atom. The summed E-state index contributed by atoms with van der Waals surface area (Å²) in [4.78, 5) is 16.7. The third-order valence-electron chi connectivity index (χ3n) is 3.23. The molecule has 0 aliphatic carbocycles. The Morgan fingerprint density at radius 1 is 1.45 bits per heavy atom. The number of nitro groups is 1. The molecule has 7 nitrogen and oxygen atoms in total. The smallest absolute Gasteiger partial charge is 0.270 e. The molecule has 0 aliphatic rings. The third-order valence-corrected chi connectivity index (χ3v) is 5.38. The van der Waals surface area contributed by atoms with Crippen LogP contribution in [0.5, 0.6) is 0 Å². The number of rotatable bonds is 6. The van der Waals surface area contributed by atoms with E-state index in [4.69, 9.17) is 0 Å². The molecular weight excluding hydrogens is 326 g/mol. The lowest BCUT2D eigenvalue weighted by atomic mass is 10.3. The number of non-ortho nitro benzene ring substituents is 1. The van der Waals surface area contributed by atoms with E-state index in [0.29, 0.717) is 21.9 Å². The third kappa shape index (κ3) is 3.72. The summed E-state index contributed by atoms with van der Waals surface area (Å²) in [6.07, 6.45) is 1.21. The lowest BCUT2D eigenvalue weighted by Crippen LogP contribution is -2.37. The Labute approximate surface area is 132 Å². The average molecular weight is 343 g/mol. The van der Waals surface area contributed by atoms with E-state index in [1.807, 2.05) is 18.7 Å². The molecule has 0 radical (unpaired) electrons. The number of thiazole rings is 1. The lowest BCUT2D eigenvalue weighted by molar-refractivity contribution is -0.384. The number of nitro benzene ring substituents is 1. The molecule has 0 spiro atoms. The predicted molar refractivity (Wildman–Crippen MR) is 88.5 cm³/mol. The molecule has 0 fully saturated rings. The zero-order valence-corrected chi connectivity index (χ0v) is 14.1. The standard InChI is InChI=1S/C13H17N3O4S2/c1-4-15(9(2)8-22(3,19)20)13-14-11-6-5-10(16(17)18)7-12(11)21-13/h5-7,9H,4,8H2,1-3H3/t9-/m1/s1. The van der Waals surface area contributed by atoms with Crippen molar-refractivity contribution in [3.63, 3.8) is 0 Å². The van der Waals surface area contributed by atoms with Crippen LogP contribution in [0, 0.1) is 10.1 Å². The highest BCUT2D eigenvalue weighted by atomic mass is 32.2. The first-order chi connectivity index (χ1) is 10.2. The molecule has 120 valence electrons. The van der Waals surface area contributed by atoms with E-state index < -0.39 is 14.8 Å². The fourth-order valence-corrected chi connectivity index (χ4v) is 4.52. The van der Waals surface area contributed by atoms with Crippen molar-refractivity contribution in [3.8, 4) is 0 Å². The van der Waals surface area contributed by atoms with Gasteiger partial charge < -0.3 is 4.90 Å². The average Bonchev–Trinajstić information content (AvgIpc) is 2.79. The topological polar surface area (TPSA) is 93.4 Å². The van der Waals surface area contributed by atoms with E-state index in [0.717, 1.165) is 0 Å². The maximum Gasteiger partial charge on any atom is 0.270 e. The fourth-order valence-electron chi connectivity index (χ4n) is 2.30. The first kappa shape index (κ1) is 16.6. The number of fused-ring (bicyclic) bond motifs is 1. The van der Waals surface area contributed by atoms with Gasteiger partial charge in [0.1, 0.15) is 9.84 Å². The van der Waals surface area contributed by atoms with Crippen LogP contribution >= 0.6 is 11.3 Å². The normalized spacial score (nSPS) is 13.2. The van der Waals surface area contributed by atoms with Gasteiger partial charge in [-0.2, -0.15) is 0 Å². The molecule has 0 saturated heterocycles. The Balaban J connectivity index is 2.37. The number of sulfone groups is 1. The highest BCUT2D eigenvalue weighted by Gasteiger charge is 2.21. The number of aromatic nitrogens is 1. The number of hydrogen-bond donors (Lipinski definition) is 0. The minimum Gasteiger partial charge on any atom is -0.345 e. The van der Waals surface area contributed by atoms with Crippen LogP contribution in [0.4, 0.5) is 10.8 Å². The van der Waals surface area contributed by atoms with Gasteiger partial charge in [-0.05, 0) is 19.9 Å². The number of nitrogens with zero attached hydrogens (tertiary/aromatic N) is 3. The van der Waals surface area contributed by atoms with Gasteiger partial charge in [-0.1, -0.05) is 11.3 Å². The Kier molecular flexibility index (Phi) is 4.66. The van der Waals surface area contributed by atoms with Crippen molar-refractivity contribution in [2.45, 2.75) is 19.9 Å². The van der Waals surface area contributed by atoms with Crippen LogP contribution < -0.4 is 4.90 Å². The monoisotopic (exact) mass is 343 g/mol. The van der Waals surface area contributed by atoms with Gasteiger partial charge in [-0.3, -0.25) is 10.1 Å². The van der Waals surface area contributed by atoms with Crippen molar-refractivity contribution in [2.75, 3.05) is 23.5 Å². The minimum atomic E-state index is -3.09. The lowest BCUT2D eigenvalue weighted by Gasteiger charge is -2.26. The number of hydrogen-bond acceptors (Lipinski definition) is 7. The van der Waals surface area contributed by atoms with Gasteiger partial charge in [-0.25, -0.2) is 13.4 Å². The van der Waals surface area contributed by atoms with Crippen LogP contribution in [-0.4, -0.2) is 42.9 Å². The van der Waals surface area contributed by atoms with E-state index >= 15 is 0 Å². The molecule has 0 bridgehead atoms. The van der Waals surface area contributed by atoms with Crippen molar-refractivity contribution < 1.29 is 13.3 Å². The van der Waals surface area contributed by atoms with Gasteiger partial charge in [0, 0.05) is 31.0 Å². The first-order valence-electron chi connectivity index (χ1n) is 6.70. The fraction of sp³-hybridized carbons (Fsp3) is 0.462. The summed E-state index contributed by atoms with van der Waals surface area (Å²) >= 11 is 1.33. The number of anilines is 1. The molecule has 0 saturated carbocycles. The second kappa shape index (κ2) is 6.17. The summed E-state index contributed by atoms with van der Waals surface area (Å²) in [6, 6.07) is 4.31. The van der Waals surface area contributed by atoms with Crippen LogP contribution in [0.2, 0.25) is 0 Å². The molecule has 1 heterocycles. The molecule has 9 heteroatoms. The summed E-state index contributed by atoms with van der Waals surface area (Å²) in [5, 5.41) is 11.5. The molecule has 0 amide bonds. The van der Waals surface area contributed by atoms with Crippen LogP contribution in [0.25, 0.3) is 10.2 Å². The zero-order valence-electron chi connectivity index (χ0n) is 12.5. The van der Waals surface area contributed by atoms with E-state index in [2.05, 4.69) is 4.98 Å². The van der Waals surface area contributed by atoms with Crippen molar-refractivity contribution in [1.82, 2.24) is 4.98 Å². The van der Waals surface area contributed by atoms with Crippen molar-refractivity contribution in [1.29, 1.82) is 0 Å². The predicted octanol–water partition coefficient (Wildman–Crippen LogP) is 2.46. The van der Waals surface area contributed by atoms with E-state index in [1.54, 1.807) is 6.07 Å². The molecule has 0 N–H and O–H groups in total. The van der Waals surface area contributed by atoms with Crippen LogP contribution in [-0.2, 0) is 9.84 Å². The molecular formula is C13H17N3O4S2. The molecule has 2 aromatic rings. The molecule has 1 aromatic heterocycles. The van der Waals surface area contributed by atoms with Crippen LogP contribution in [0.15, 0.2) is 18.2 Å². The van der Waals surface area contributed by atoms with Crippen LogP contribution in [0.3, 0.4) is 0 Å². The molecule has 1 aromatic carbocycles. The van der Waals surface area contributed by atoms with Crippen molar-refractivity contribution >= 4 is 42.2 Å². The molecule has 0 aliphatic heterocycles. The Bertz CT molecular complexity index is 801. The van der Waals surface area contributed by atoms with Gasteiger partial charge in [-0.15, -0.1) is 0 Å². The molecule has 22 heavy (non-hydrogen) atoms. The summed E-state index contributed by atoms with van der Waals surface area (Å²) in [6.45, 7) is 4.37. The van der Waals surface area contributed by atoms with Gasteiger partial charge in [0.25, 0.3) is 5.69 Å². The van der Waals surface area contributed by atoms with Crippen LogP contribution in [0.1, 0.15) is 13.8 Å². The highest BCUT2D eigenvalue weighted by molar-refractivity contribution is 7.90. The summed E-state index contributed by atoms with van der Waals surface area (Å²) < 4.78 is 23.6. The van der Waals surface area contributed by atoms with Crippen molar-refractivity contribution in [2.24, 2.45) is 0 Å². The first-order valence-corrected chi connectivity index (χ1v) is 9.58. The Morgan fingerprint density at radius 3 is 2.68 bits per heavy atom. The molecule has 1 atom stereocenters. The van der Waals surface area contributed by atoms with Crippen molar-refractivity contribution in [3.05, 3.63) is 28.3 Å². The SMILES string of the molecule is CCN(c1nc2ccc([N+](=O)[O-])cc2s1)[C@H](C)CS(C)(=O)=O. The summed E-state index contributed by atoms with van der Waals surface area (Å²) in [5.41, 5.74) is 0.700. The Hall–Kier alpha value is -1.74. The van der Waals surface area contributed by atoms with Gasteiger partial charge in [0.15, 0.2) is 5.13 Å². The van der Waals surface area contributed by atoms with E-state index in [-0.39, 0.29) is 17.5 Å². The second-order valence-electron chi connectivity index (χ2n) is 5.13. The quantitative estimate of drug-likeness (QED) is 0.591. The highest BCUT2D eigenvalue weighted by Crippen LogP contribution is 2.32. The number of benzene rings is 1.